The predicted octanol–water partition coefficient (Wildman–Crippen LogP) is 3.51. The van der Waals surface area contributed by atoms with E-state index in [0.29, 0.717) is 18.7 Å². The number of piperazine rings is 1. The number of benzene rings is 2. The molecule has 1 saturated heterocycles. The normalized spacial score (nSPS) is 15.0. The average molecular weight is 446 g/mol. The van der Waals surface area contributed by atoms with E-state index in [1.807, 2.05) is 0 Å². The zero-order chi connectivity index (χ0) is 23.3. The number of halogens is 3. The molecule has 0 bridgehead atoms. The van der Waals surface area contributed by atoms with Gasteiger partial charge in [-0.05, 0) is 42.0 Å². The van der Waals surface area contributed by atoms with E-state index < -0.39 is 11.7 Å². The number of alkyl halides is 3. The Labute approximate surface area is 182 Å². The van der Waals surface area contributed by atoms with E-state index >= 15 is 0 Å². The standard InChI is InChI=1S/C23H21F3N2O4/c24-23(25,26)18-3-1-2-16(14-18)4-8-21(31)27-10-12-28(13-11-27)22(32)9-6-17-5-7-19(29)15-20(17)30/h1-9,14-15,29-30H,10-13H2/b8-4+,9-6+. The summed E-state index contributed by atoms with van der Waals surface area (Å²) in [7, 11) is 0. The zero-order valence-corrected chi connectivity index (χ0v) is 16.9. The van der Waals surface area contributed by atoms with Crippen molar-refractivity contribution in [3.63, 3.8) is 0 Å². The van der Waals surface area contributed by atoms with Gasteiger partial charge in [0.05, 0.1) is 5.56 Å². The molecule has 1 aliphatic rings. The lowest BCUT2D eigenvalue weighted by Crippen LogP contribution is -2.49. The Bertz CT molecular complexity index is 1060. The van der Waals surface area contributed by atoms with Gasteiger partial charge in [0.1, 0.15) is 11.5 Å². The molecule has 3 rings (SSSR count). The minimum absolute atomic E-state index is 0.0890. The third-order valence-electron chi connectivity index (χ3n) is 4.95. The van der Waals surface area contributed by atoms with Gasteiger partial charge in [0.15, 0.2) is 0 Å². The fourth-order valence-electron chi connectivity index (χ4n) is 3.18. The highest BCUT2D eigenvalue weighted by Crippen LogP contribution is 2.29. The Morgan fingerprint density at radius 3 is 2.00 bits per heavy atom. The highest BCUT2D eigenvalue weighted by Gasteiger charge is 2.30. The predicted molar refractivity (Wildman–Crippen MR) is 112 cm³/mol. The van der Waals surface area contributed by atoms with E-state index in [4.69, 9.17) is 0 Å². The summed E-state index contributed by atoms with van der Waals surface area (Å²) in [6.45, 7) is 1.17. The molecule has 0 aromatic heterocycles. The molecule has 0 saturated carbocycles. The Hall–Kier alpha value is -3.75. The molecule has 2 N–H and O–H groups in total. The van der Waals surface area contributed by atoms with E-state index in [1.165, 1.54) is 59.5 Å². The Morgan fingerprint density at radius 1 is 0.844 bits per heavy atom. The van der Waals surface area contributed by atoms with E-state index in [9.17, 15) is 33.0 Å². The number of nitrogens with zero attached hydrogens (tertiary/aromatic N) is 2. The number of carbonyl (C=O) groups excluding carboxylic acids is 2. The summed E-state index contributed by atoms with van der Waals surface area (Å²) in [5.74, 6) is -0.881. The van der Waals surface area contributed by atoms with Crippen molar-refractivity contribution in [1.29, 1.82) is 0 Å². The number of phenolic OH excluding ortho intramolecular Hbond substituents is 2. The maximum atomic E-state index is 12.8. The van der Waals surface area contributed by atoms with Crippen molar-refractivity contribution >= 4 is 24.0 Å². The second kappa shape index (κ2) is 9.59. The van der Waals surface area contributed by atoms with Crippen molar-refractivity contribution < 1.29 is 33.0 Å². The van der Waals surface area contributed by atoms with Crippen LogP contribution in [0.3, 0.4) is 0 Å². The number of amides is 2. The summed E-state index contributed by atoms with van der Waals surface area (Å²) < 4.78 is 38.4. The first-order valence-corrected chi connectivity index (χ1v) is 9.77. The van der Waals surface area contributed by atoms with Gasteiger partial charge in [-0.15, -0.1) is 0 Å². The molecule has 1 fully saturated rings. The molecule has 0 spiro atoms. The molecule has 0 radical (unpaired) electrons. The lowest BCUT2D eigenvalue weighted by molar-refractivity contribution is -0.137. The van der Waals surface area contributed by atoms with Crippen LogP contribution in [0.5, 0.6) is 11.5 Å². The molecule has 32 heavy (non-hydrogen) atoms. The molecular formula is C23H21F3N2O4. The van der Waals surface area contributed by atoms with Crippen molar-refractivity contribution in [3.05, 3.63) is 71.3 Å². The van der Waals surface area contributed by atoms with E-state index in [1.54, 1.807) is 4.90 Å². The summed E-state index contributed by atoms with van der Waals surface area (Å²) in [6, 6.07) is 8.73. The first-order valence-electron chi connectivity index (χ1n) is 9.77. The molecule has 2 aromatic carbocycles. The highest BCUT2D eigenvalue weighted by atomic mass is 19.4. The topological polar surface area (TPSA) is 81.1 Å². The van der Waals surface area contributed by atoms with Crippen LogP contribution in [-0.4, -0.2) is 58.0 Å². The lowest BCUT2D eigenvalue weighted by atomic mass is 10.1. The number of phenols is 2. The molecule has 0 unspecified atom stereocenters. The van der Waals surface area contributed by atoms with Crippen LogP contribution in [0, 0.1) is 0 Å². The van der Waals surface area contributed by atoms with Crippen molar-refractivity contribution in [2.75, 3.05) is 26.2 Å². The van der Waals surface area contributed by atoms with E-state index in [0.717, 1.165) is 12.1 Å². The van der Waals surface area contributed by atoms with Crippen LogP contribution in [0.25, 0.3) is 12.2 Å². The van der Waals surface area contributed by atoms with Crippen LogP contribution in [0.15, 0.2) is 54.6 Å². The fourth-order valence-corrected chi connectivity index (χ4v) is 3.18. The molecule has 2 aromatic rings. The molecule has 2 amide bonds. The number of carbonyl (C=O) groups is 2. The van der Waals surface area contributed by atoms with Gasteiger partial charge in [-0.2, -0.15) is 13.2 Å². The summed E-state index contributed by atoms with van der Waals surface area (Å²) in [5.41, 5.74) is -0.137. The third kappa shape index (κ3) is 5.90. The lowest BCUT2D eigenvalue weighted by Gasteiger charge is -2.33. The van der Waals surface area contributed by atoms with Crippen LogP contribution in [0.4, 0.5) is 13.2 Å². The van der Waals surface area contributed by atoms with Gasteiger partial charge < -0.3 is 20.0 Å². The summed E-state index contributed by atoms with van der Waals surface area (Å²) in [4.78, 5) is 27.8. The molecule has 0 atom stereocenters. The van der Waals surface area contributed by atoms with Gasteiger partial charge >= 0.3 is 6.18 Å². The smallest absolute Gasteiger partial charge is 0.416 e. The highest BCUT2D eigenvalue weighted by molar-refractivity contribution is 5.93. The Morgan fingerprint density at radius 2 is 1.44 bits per heavy atom. The minimum Gasteiger partial charge on any atom is -0.508 e. The van der Waals surface area contributed by atoms with Crippen LogP contribution in [-0.2, 0) is 15.8 Å². The molecule has 1 heterocycles. The molecule has 1 aliphatic heterocycles. The maximum Gasteiger partial charge on any atom is 0.416 e. The third-order valence-corrected chi connectivity index (χ3v) is 4.95. The summed E-state index contributed by atoms with van der Waals surface area (Å²) in [6.07, 6.45) is 0.845. The second-order valence-electron chi connectivity index (χ2n) is 7.18. The van der Waals surface area contributed by atoms with Crippen LogP contribution in [0.2, 0.25) is 0 Å². The van der Waals surface area contributed by atoms with Gasteiger partial charge in [0.25, 0.3) is 0 Å². The fraction of sp³-hybridized carbons (Fsp3) is 0.217. The first-order chi connectivity index (χ1) is 15.1. The van der Waals surface area contributed by atoms with Crippen LogP contribution >= 0.6 is 0 Å². The van der Waals surface area contributed by atoms with E-state index in [2.05, 4.69) is 0 Å². The first kappa shape index (κ1) is 22.9. The van der Waals surface area contributed by atoms with Crippen molar-refractivity contribution in [3.8, 4) is 11.5 Å². The van der Waals surface area contributed by atoms with Gasteiger partial charge in [0.2, 0.25) is 11.8 Å². The number of aromatic hydroxyl groups is 2. The van der Waals surface area contributed by atoms with Gasteiger partial charge in [-0.3, -0.25) is 9.59 Å². The summed E-state index contributed by atoms with van der Waals surface area (Å²) >= 11 is 0. The Balaban J connectivity index is 1.53. The summed E-state index contributed by atoms with van der Waals surface area (Å²) in [5, 5.41) is 19.1. The number of rotatable bonds is 4. The van der Waals surface area contributed by atoms with Gasteiger partial charge in [-0.25, -0.2) is 0 Å². The number of hydrogen-bond donors (Lipinski definition) is 2. The van der Waals surface area contributed by atoms with Gasteiger partial charge in [0, 0.05) is 50.0 Å². The molecular weight excluding hydrogens is 425 g/mol. The Kier molecular flexibility index (Phi) is 6.87. The van der Waals surface area contributed by atoms with E-state index in [-0.39, 0.29) is 42.0 Å². The molecule has 168 valence electrons. The zero-order valence-electron chi connectivity index (χ0n) is 16.9. The van der Waals surface area contributed by atoms with Crippen molar-refractivity contribution in [2.24, 2.45) is 0 Å². The van der Waals surface area contributed by atoms with Gasteiger partial charge in [-0.1, -0.05) is 12.1 Å². The number of hydrogen-bond acceptors (Lipinski definition) is 4. The van der Waals surface area contributed by atoms with Crippen LogP contribution < -0.4 is 0 Å². The molecule has 9 heteroatoms. The quantitative estimate of drug-likeness (QED) is 0.705. The maximum absolute atomic E-state index is 12.8. The molecule has 6 nitrogen and oxygen atoms in total. The average Bonchev–Trinajstić information content (AvgIpc) is 2.76. The molecule has 0 aliphatic carbocycles. The van der Waals surface area contributed by atoms with Crippen LogP contribution in [0.1, 0.15) is 16.7 Å². The SMILES string of the molecule is O=C(/C=C/c1cccc(C(F)(F)F)c1)N1CCN(C(=O)/C=C/c2ccc(O)cc2O)CC1. The minimum atomic E-state index is -4.45. The van der Waals surface area contributed by atoms with Crippen molar-refractivity contribution in [1.82, 2.24) is 9.80 Å². The largest absolute Gasteiger partial charge is 0.508 e. The van der Waals surface area contributed by atoms with Crippen molar-refractivity contribution in [2.45, 2.75) is 6.18 Å². The second-order valence-corrected chi connectivity index (χ2v) is 7.18. The monoisotopic (exact) mass is 446 g/mol.